The molecule has 3 heterocycles. The average molecular weight is 395 g/mol. The molecule has 0 amide bonds. The number of hydrogen-bond acceptors (Lipinski definition) is 4. The van der Waals surface area contributed by atoms with Gasteiger partial charge in [0.25, 0.3) is 0 Å². The Hall–Kier alpha value is -2.01. The molecule has 1 aromatic carbocycles. The van der Waals surface area contributed by atoms with E-state index in [1.54, 1.807) is 0 Å². The van der Waals surface area contributed by atoms with Crippen LogP contribution < -0.4 is 15.0 Å². The van der Waals surface area contributed by atoms with E-state index in [0.717, 1.165) is 31.6 Å². The molecule has 5 nitrogen and oxygen atoms in total. The molecule has 2 aliphatic heterocycles. The fraction of sp³-hybridized carbons (Fsp3) is 0.625. The maximum absolute atomic E-state index is 6.62. The average Bonchev–Trinajstić information content (AvgIpc) is 3.17. The van der Waals surface area contributed by atoms with Gasteiger partial charge in [-0.15, -0.1) is 0 Å². The number of benzene rings is 1. The summed E-state index contributed by atoms with van der Waals surface area (Å²) in [5.41, 5.74) is 5.13. The second-order valence-corrected chi connectivity index (χ2v) is 9.35. The summed E-state index contributed by atoms with van der Waals surface area (Å²) in [4.78, 5) is 2.41. The van der Waals surface area contributed by atoms with Crippen LogP contribution in [0.4, 0.5) is 5.69 Å². The van der Waals surface area contributed by atoms with Crippen LogP contribution in [0.5, 0.6) is 5.75 Å². The maximum Gasteiger partial charge on any atom is 0.132 e. The van der Waals surface area contributed by atoms with Crippen molar-refractivity contribution in [1.82, 2.24) is 15.1 Å². The summed E-state index contributed by atoms with van der Waals surface area (Å²) < 4.78 is 8.80. The first kappa shape index (κ1) is 19.0. The van der Waals surface area contributed by atoms with Gasteiger partial charge in [0.2, 0.25) is 0 Å². The zero-order chi connectivity index (χ0) is 20.0. The zero-order valence-electron chi connectivity index (χ0n) is 18.0. The first-order chi connectivity index (χ1) is 14.1. The Morgan fingerprint density at radius 1 is 1.14 bits per heavy atom. The van der Waals surface area contributed by atoms with Gasteiger partial charge in [-0.2, -0.15) is 5.10 Å². The van der Waals surface area contributed by atoms with Crippen LogP contribution in [-0.2, 0) is 6.42 Å². The Labute approximate surface area is 174 Å². The molecule has 3 aliphatic rings. The fourth-order valence-electron chi connectivity index (χ4n) is 5.01. The lowest BCUT2D eigenvalue weighted by Gasteiger charge is -2.37. The molecule has 3 unspecified atom stereocenters. The molecule has 1 aromatic heterocycles. The highest BCUT2D eigenvalue weighted by Gasteiger charge is 2.29. The Bertz CT molecular complexity index is 872. The van der Waals surface area contributed by atoms with E-state index in [1.807, 2.05) is 6.20 Å². The number of hydrogen-bond donors (Lipinski definition) is 1. The number of nitrogens with zero attached hydrogens (tertiary/aromatic N) is 3. The summed E-state index contributed by atoms with van der Waals surface area (Å²) in [6, 6.07) is 6.17. The third-order valence-electron chi connectivity index (χ3n) is 7.31. The molecule has 0 bridgehead atoms. The monoisotopic (exact) mass is 394 g/mol. The molecule has 29 heavy (non-hydrogen) atoms. The topological polar surface area (TPSA) is 42.3 Å². The molecule has 2 aromatic rings. The second-order valence-electron chi connectivity index (χ2n) is 9.35. The Kier molecular flexibility index (Phi) is 5.02. The van der Waals surface area contributed by atoms with E-state index in [0.29, 0.717) is 24.2 Å². The van der Waals surface area contributed by atoms with Crippen LogP contribution >= 0.6 is 0 Å². The first-order valence-corrected chi connectivity index (χ1v) is 11.4. The van der Waals surface area contributed by atoms with Crippen LogP contribution in [0.15, 0.2) is 24.5 Å². The van der Waals surface area contributed by atoms with Gasteiger partial charge in [0.05, 0.1) is 18.3 Å². The first-order valence-electron chi connectivity index (χ1n) is 11.4. The van der Waals surface area contributed by atoms with E-state index < -0.39 is 0 Å². The van der Waals surface area contributed by atoms with Crippen molar-refractivity contribution in [3.8, 4) is 16.9 Å². The number of fused-ring (bicyclic) bond motifs is 1. The van der Waals surface area contributed by atoms with Gasteiger partial charge in [0, 0.05) is 47.7 Å². The van der Waals surface area contributed by atoms with E-state index in [2.05, 4.69) is 54.1 Å². The summed E-state index contributed by atoms with van der Waals surface area (Å²) in [5.74, 6) is 1.11. The highest BCUT2D eigenvalue weighted by molar-refractivity contribution is 5.77. The van der Waals surface area contributed by atoms with Crippen molar-refractivity contribution in [3.63, 3.8) is 0 Å². The molecule has 0 radical (unpaired) electrons. The maximum atomic E-state index is 6.62. The summed E-state index contributed by atoms with van der Waals surface area (Å²) in [5, 5.41) is 8.31. The van der Waals surface area contributed by atoms with E-state index in [-0.39, 0.29) is 0 Å². The minimum Gasteiger partial charge on any atom is -0.489 e. The lowest BCUT2D eigenvalue weighted by atomic mass is 9.91. The van der Waals surface area contributed by atoms with Crippen molar-refractivity contribution < 1.29 is 4.74 Å². The van der Waals surface area contributed by atoms with Gasteiger partial charge in [0.15, 0.2) is 0 Å². The van der Waals surface area contributed by atoms with E-state index >= 15 is 0 Å². The Morgan fingerprint density at radius 2 is 2.00 bits per heavy atom. The molecular formula is C24H34N4O. The largest absolute Gasteiger partial charge is 0.489 e. The Morgan fingerprint density at radius 3 is 2.76 bits per heavy atom. The van der Waals surface area contributed by atoms with E-state index in [1.165, 1.54) is 48.1 Å². The van der Waals surface area contributed by atoms with Crippen LogP contribution in [0, 0.1) is 0 Å². The van der Waals surface area contributed by atoms with Crippen molar-refractivity contribution in [2.24, 2.45) is 0 Å². The molecule has 0 spiro atoms. The molecule has 3 atom stereocenters. The van der Waals surface area contributed by atoms with E-state index in [9.17, 15) is 0 Å². The van der Waals surface area contributed by atoms with Gasteiger partial charge in [-0.05, 0) is 77.5 Å². The smallest absolute Gasteiger partial charge is 0.132 e. The number of aromatic nitrogens is 2. The number of rotatable bonds is 4. The molecule has 1 N–H and O–H groups in total. The molecule has 1 saturated carbocycles. The zero-order valence-corrected chi connectivity index (χ0v) is 18.0. The van der Waals surface area contributed by atoms with E-state index in [4.69, 9.17) is 9.84 Å². The summed E-state index contributed by atoms with van der Waals surface area (Å²) in [6.07, 6.45) is 12.9. The predicted octanol–water partition coefficient (Wildman–Crippen LogP) is 4.57. The van der Waals surface area contributed by atoms with Crippen LogP contribution in [0.1, 0.15) is 64.0 Å². The van der Waals surface area contributed by atoms with Gasteiger partial charge < -0.3 is 15.0 Å². The summed E-state index contributed by atoms with van der Waals surface area (Å²) in [7, 11) is 2.21. The predicted molar refractivity (Wildman–Crippen MR) is 118 cm³/mol. The Balaban J connectivity index is 1.51. The standard InChI is InChI=1S/C24H34N4O/c1-16-13-19(11-12-25-16)28-15-18(14-26-28)21-9-10-23-22(8-7-17(2)27(23)3)24(21)29-20-5-4-6-20/h9-10,14-17,19-20,25H,4-8,11-13H2,1-3H3. The molecule has 5 heteroatoms. The lowest BCUT2D eigenvalue weighted by molar-refractivity contribution is 0.119. The molecule has 5 rings (SSSR count). The SMILES string of the molecule is CC1CC(n2cc(-c3ccc4c(c3OC3CCC3)CCC(C)N4C)cn2)CCN1. The number of anilines is 1. The lowest BCUT2D eigenvalue weighted by Crippen LogP contribution is -2.36. The van der Waals surface area contributed by atoms with Crippen LogP contribution in [0.3, 0.4) is 0 Å². The van der Waals surface area contributed by atoms with Gasteiger partial charge in [-0.1, -0.05) is 0 Å². The fourth-order valence-corrected chi connectivity index (χ4v) is 5.01. The van der Waals surface area contributed by atoms with Crippen LogP contribution in [-0.4, -0.2) is 41.6 Å². The molecular weight excluding hydrogens is 360 g/mol. The summed E-state index contributed by atoms with van der Waals surface area (Å²) in [6.45, 7) is 5.65. The molecule has 1 saturated heterocycles. The van der Waals surface area contributed by atoms with Gasteiger partial charge in [-0.25, -0.2) is 0 Å². The van der Waals surface area contributed by atoms with Crippen molar-refractivity contribution in [1.29, 1.82) is 0 Å². The molecule has 156 valence electrons. The van der Waals surface area contributed by atoms with Gasteiger partial charge in [-0.3, -0.25) is 4.68 Å². The van der Waals surface area contributed by atoms with Gasteiger partial charge in [0.1, 0.15) is 5.75 Å². The number of nitrogens with one attached hydrogen (secondary N) is 1. The molecule has 2 fully saturated rings. The van der Waals surface area contributed by atoms with Crippen LogP contribution in [0.25, 0.3) is 11.1 Å². The second kappa shape index (κ2) is 7.67. The summed E-state index contributed by atoms with van der Waals surface area (Å²) >= 11 is 0. The van der Waals surface area contributed by atoms with Crippen LogP contribution in [0.2, 0.25) is 0 Å². The minimum absolute atomic E-state index is 0.380. The van der Waals surface area contributed by atoms with Crippen molar-refractivity contribution in [3.05, 3.63) is 30.1 Å². The van der Waals surface area contributed by atoms with Gasteiger partial charge >= 0.3 is 0 Å². The number of ether oxygens (including phenoxy) is 1. The third kappa shape index (κ3) is 3.54. The quantitative estimate of drug-likeness (QED) is 0.825. The van der Waals surface area contributed by atoms with Crippen molar-refractivity contribution in [2.45, 2.75) is 83.0 Å². The minimum atomic E-state index is 0.380. The van der Waals surface area contributed by atoms with Crippen molar-refractivity contribution in [2.75, 3.05) is 18.5 Å². The molecule has 1 aliphatic carbocycles. The highest BCUT2D eigenvalue weighted by atomic mass is 16.5. The highest BCUT2D eigenvalue weighted by Crippen LogP contribution is 2.44. The number of piperidine rings is 1. The van der Waals surface area contributed by atoms with Crippen molar-refractivity contribution >= 4 is 5.69 Å². The normalized spacial score (nSPS) is 27.4. The third-order valence-corrected chi connectivity index (χ3v) is 7.31.